The van der Waals surface area contributed by atoms with E-state index in [1.165, 1.54) is 5.56 Å². The van der Waals surface area contributed by atoms with Gasteiger partial charge in [0.2, 0.25) is 0 Å². The molecule has 0 bridgehead atoms. The van der Waals surface area contributed by atoms with Crippen LogP contribution in [0.4, 0.5) is 5.82 Å². The number of nitrogens with zero attached hydrogens (tertiary/aromatic N) is 2. The molecule has 0 unspecified atom stereocenters. The van der Waals surface area contributed by atoms with Crippen molar-refractivity contribution in [3.05, 3.63) is 58.7 Å². The first-order valence-electron chi connectivity index (χ1n) is 5.81. The lowest BCUT2D eigenvalue weighted by Gasteiger charge is -2.20. The third kappa shape index (κ3) is 2.81. The Labute approximate surface area is 112 Å². The minimum atomic E-state index is 0.424. The molecule has 1 heterocycles. The number of hydrogen-bond donors (Lipinski definition) is 1. The van der Waals surface area contributed by atoms with Gasteiger partial charge in [-0.05, 0) is 17.2 Å². The van der Waals surface area contributed by atoms with Crippen LogP contribution in [0.1, 0.15) is 11.1 Å². The van der Waals surface area contributed by atoms with Gasteiger partial charge in [-0.25, -0.2) is 4.98 Å². The summed E-state index contributed by atoms with van der Waals surface area (Å²) in [4.78, 5) is 6.35. The van der Waals surface area contributed by atoms with Gasteiger partial charge in [0.1, 0.15) is 5.82 Å². The van der Waals surface area contributed by atoms with E-state index in [-0.39, 0.29) is 0 Å². The van der Waals surface area contributed by atoms with Crippen LogP contribution in [0.5, 0.6) is 0 Å². The van der Waals surface area contributed by atoms with Crippen LogP contribution in [0.15, 0.2) is 42.6 Å². The van der Waals surface area contributed by atoms with Crippen molar-refractivity contribution in [1.29, 1.82) is 0 Å². The van der Waals surface area contributed by atoms with E-state index in [1.54, 1.807) is 6.20 Å². The molecule has 18 heavy (non-hydrogen) atoms. The van der Waals surface area contributed by atoms with Crippen molar-refractivity contribution < 1.29 is 0 Å². The molecule has 4 heteroatoms. The molecule has 0 amide bonds. The SMILES string of the molecule is CN(Cc1ccccc1)c1nccc(CN)c1Cl. The summed E-state index contributed by atoms with van der Waals surface area (Å²) in [5.74, 6) is 0.767. The number of aromatic nitrogens is 1. The van der Waals surface area contributed by atoms with Crippen molar-refractivity contribution in [2.75, 3.05) is 11.9 Å². The van der Waals surface area contributed by atoms with Gasteiger partial charge in [0.15, 0.2) is 0 Å². The number of nitrogens with two attached hydrogens (primary N) is 1. The molecule has 0 atom stereocenters. The highest BCUT2D eigenvalue weighted by Gasteiger charge is 2.11. The van der Waals surface area contributed by atoms with E-state index in [0.717, 1.165) is 17.9 Å². The fourth-order valence-electron chi connectivity index (χ4n) is 1.83. The molecule has 2 rings (SSSR count). The maximum Gasteiger partial charge on any atom is 0.147 e. The number of benzene rings is 1. The van der Waals surface area contributed by atoms with Gasteiger partial charge in [0.05, 0.1) is 5.02 Å². The van der Waals surface area contributed by atoms with Gasteiger partial charge in [-0.15, -0.1) is 0 Å². The molecule has 0 saturated carbocycles. The van der Waals surface area contributed by atoms with Crippen LogP contribution in [-0.2, 0) is 13.1 Å². The van der Waals surface area contributed by atoms with E-state index >= 15 is 0 Å². The second-order valence-corrected chi connectivity index (χ2v) is 4.53. The Morgan fingerprint density at radius 1 is 1.22 bits per heavy atom. The molecule has 0 fully saturated rings. The topological polar surface area (TPSA) is 42.2 Å². The van der Waals surface area contributed by atoms with Crippen LogP contribution in [0.3, 0.4) is 0 Å². The predicted octanol–water partition coefficient (Wildman–Crippen LogP) is 2.83. The summed E-state index contributed by atoms with van der Waals surface area (Å²) in [6, 6.07) is 12.1. The van der Waals surface area contributed by atoms with Gasteiger partial charge in [-0.1, -0.05) is 41.9 Å². The fraction of sp³-hybridized carbons (Fsp3) is 0.214. The Hall–Kier alpha value is -1.58. The Kier molecular flexibility index (Phi) is 4.18. The summed E-state index contributed by atoms with van der Waals surface area (Å²) in [5.41, 5.74) is 7.78. The van der Waals surface area contributed by atoms with E-state index < -0.39 is 0 Å². The van der Waals surface area contributed by atoms with Crippen molar-refractivity contribution in [1.82, 2.24) is 4.98 Å². The summed E-state index contributed by atoms with van der Waals surface area (Å²) in [5, 5.41) is 0.637. The van der Waals surface area contributed by atoms with Crippen molar-refractivity contribution in [3.63, 3.8) is 0 Å². The highest BCUT2D eigenvalue weighted by molar-refractivity contribution is 6.33. The second kappa shape index (κ2) is 5.85. The average Bonchev–Trinajstić information content (AvgIpc) is 2.40. The molecule has 2 N–H and O–H groups in total. The average molecular weight is 262 g/mol. The number of rotatable bonds is 4. The van der Waals surface area contributed by atoms with Crippen molar-refractivity contribution in [2.24, 2.45) is 5.73 Å². The smallest absolute Gasteiger partial charge is 0.147 e. The zero-order chi connectivity index (χ0) is 13.0. The summed E-state index contributed by atoms with van der Waals surface area (Å²) in [6.07, 6.45) is 1.74. The third-order valence-corrected chi connectivity index (χ3v) is 3.21. The molecule has 0 aliphatic heterocycles. The van der Waals surface area contributed by atoms with Crippen molar-refractivity contribution in [2.45, 2.75) is 13.1 Å². The zero-order valence-electron chi connectivity index (χ0n) is 10.3. The van der Waals surface area contributed by atoms with Gasteiger partial charge >= 0.3 is 0 Å². The Balaban J connectivity index is 2.21. The second-order valence-electron chi connectivity index (χ2n) is 4.15. The molecule has 2 aromatic rings. The number of anilines is 1. The van der Waals surface area contributed by atoms with Gasteiger partial charge in [-0.2, -0.15) is 0 Å². The molecule has 3 nitrogen and oxygen atoms in total. The lowest BCUT2D eigenvalue weighted by atomic mass is 10.2. The minimum Gasteiger partial charge on any atom is -0.354 e. The monoisotopic (exact) mass is 261 g/mol. The molecule has 0 spiro atoms. The predicted molar refractivity (Wildman–Crippen MR) is 75.7 cm³/mol. The van der Waals surface area contributed by atoms with E-state index in [9.17, 15) is 0 Å². The van der Waals surface area contributed by atoms with Gasteiger partial charge in [-0.3, -0.25) is 0 Å². The molecule has 0 aliphatic rings. The van der Waals surface area contributed by atoms with Crippen molar-refractivity contribution in [3.8, 4) is 0 Å². The lowest BCUT2D eigenvalue weighted by Crippen LogP contribution is -2.18. The fourth-order valence-corrected chi connectivity index (χ4v) is 2.16. The normalized spacial score (nSPS) is 10.4. The van der Waals surface area contributed by atoms with Crippen molar-refractivity contribution >= 4 is 17.4 Å². The number of halogens is 1. The van der Waals surface area contributed by atoms with Crippen LogP contribution >= 0.6 is 11.6 Å². The zero-order valence-corrected chi connectivity index (χ0v) is 11.1. The van der Waals surface area contributed by atoms with Crippen LogP contribution in [-0.4, -0.2) is 12.0 Å². The molecule has 1 aromatic carbocycles. The first-order valence-corrected chi connectivity index (χ1v) is 6.18. The standard InChI is InChI=1S/C14H16ClN3/c1-18(10-11-5-3-2-4-6-11)14-13(15)12(9-16)7-8-17-14/h2-8H,9-10,16H2,1H3. The van der Waals surface area contributed by atoms with E-state index in [2.05, 4.69) is 17.1 Å². The van der Waals surface area contributed by atoms with Crippen LogP contribution in [0.25, 0.3) is 0 Å². The number of pyridine rings is 1. The van der Waals surface area contributed by atoms with Gasteiger partial charge in [0.25, 0.3) is 0 Å². The minimum absolute atomic E-state index is 0.424. The summed E-state index contributed by atoms with van der Waals surface area (Å²) in [6.45, 7) is 1.19. The Bertz CT molecular complexity index is 514. The highest BCUT2D eigenvalue weighted by atomic mass is 35.5. The largest absolute Gasteiger partial charge is 0.354 e. The summed E-state index contributed by atoms with van der Waals surface area (Å²) >= 11 is 6.29. The van der Waals surface area contributed by atoms with Crippen LogP contribution in [0.2, 0.25) is 5.02 Å². The molecule has 1 aromatic heterocycles. The van der Waals surface area contributed by atoms with Crippen LogP contribution < -0.4 is 10.6 Å². The van der Waals surface area contributed by atoms with Crippen LogP contribution in [0, 0.1) is 0 Å². The van der Waals surface area contributed by atoms with E-state index in [0.29, 0.717) is 11.6 Å². The van der Waals surface area contributed by atoms with Gasteiger partial charge < -0.3 is 10.6 Å². The van der Waals surface area contributed by atoms with Gasteiger partial charge in [0, 0.05) is 26.3 Å². The maximum absolute atomic E-state index is 6.29. The molecule has 0 aliphatic carbocycles. The molecule has 0 radical (unpaired) electrons. The Morgan fingerprint density at radius 2 is 1.94 bits per heavy atom. The molecular weight excluding hydrogens is 246 g/mol. The quantitative estimate of drug-likeness (QED) is 0.920. The number of hydrogen-bond acceptors (Lipinski definition) is 3. The summed E-state index contributed by atoms with van der Waals surface area (Å²) in [7, 11) is 1.97. The molecule has 0 saturated heterocycles. The maximum atomic E-state index is 6.29. The first-order chi connectivity index (χ1) is 8.72. The lowest BCUT2D eigenvalue weighted by molar-refractivity contribution is 0.892. The highest BCUT2D eigenvalue weighted by Crippen LogP contribution is 2.26. The van der Waals surface area contributed by atoms with E-state index in [1.807, 2.05) is 36.2 Å². The summed E-state index contributed by atoms with van der Waals surface area (Å²) < 4.78 is 0. The Morgan fingerprint density at radius 3 is 2.61 bits per heavy atom. The third-order valence-electron chi connectivity index (χ3n) is 2.79. The first kappa shape index (κ1) is 12.9. The molecular formula is C14H16ClN3. The molecule has 94 valence electrons. The van der Waals surface area contributed by atoms with E-state index in [4.69, 9.17) is 17.3 Å².